The molecule has 6 nitrogen and oxygen atoms in total. The van der Waals surface area contributed by atoms with Gasteiger partial charge in [-0.25, -0.2) is 9.59 Å². The number of alkyl carbamates (subject to hydrolysis) is 1. The monoisotopic (exact) mass is 258 g/mol. The molecule has 0 spiro atoms. The van der Waals surface area contributed by atoms with Gasteiger partial charge in [0.15, 0.2) is 0 Å². The number of hydrogen-bond donors (Lipinski definition) is 3. The number of carboxylic acid groups (broad SMARTS) is 1. The van der Waals surface area contributed by atoms with Crippen LogP contribution in [0.4, 0.5) is 4.79 Å². The highest BCUT2D eigenvalue weighted by atomic mass is 16.5. The number of carbonyl (C=O) groups is 2. The van der Waals surface area contributed by atoms with Crippen molar-refractivity contribution in [1.82, 2.24) is 5.32 Å². The van der Waals surface area contributed by atoms with E-state index in [4.69, 9.17) is 15.6 Å². The standard InChI is InChI=1S/C12H22N2O4/c1-4-5-6-12(2,3)8-18-11(17)14-9(7-13)10(15)16/h4,9H,1,5-8,13H2,2-3H3,(H,14,17)(H,15,16). The van der Waals surface area contributed by atoms with Crippen molar-refractivity contribution in [3.8, 4) is 0 Å². The Balaban J connectivity index is 4.09. The van der Waals surface area contributed by atoms with Crippen LogP contribution in [0, 0.1) is 5.41 Å². The van der Waals surface area contributed by atoms with Crippen molar-refractivity contribution in [1.29, 1.82) is 0 Å². The summed E-state index contributed by atoms with van der Waals surface area (Å²) in [5, 5.41) is 10.9. The van der Waals surface area contributed by atoms with Crippen LogP contribution in [0.25, 0.3) is 0 Å². The van der Waals surface area contributed by atoms with Gasteiger partial charge in [0.05, 0.1) is 6.61 Å². The van der Waals surface area contributed by atoms with Gasteiger partial charge in [-0.05, 0) is 18.3 Å². The molecule has 0 aliphatic rings. The van der Waals surface area contributed by atoms with Crippen LogP contribution in [0.2, 0.25) is 0 Å². The third-order valence-corrected chi connectivity index (χ3v) is 2.45. The number of aliphatic carboxylic acids is 1. The summed E-state index contributed by atoms with van der Waals surface area (Å²) in [4.78, 5) is 22.0. The van der Waals surface area contributed by atoms with Crippen molar-refractivity contribution in [3.63, 3.8) is 0 Å². The number of hydrogen-bond acceptors (Lipinski definition) is 4. The second kappa shape index (κ2) is 7.71. The normalized spacial score (nSPS) is 12.6. The molecule has 0 aromatic carbocycles. The van der Waals surface area contributed by atoms with E-state index in [2.05, 4.69) is 11.9 Å². The topological polar surface area (TPSA) is 102 Å². The van der Waals surface area contributed by atoms with E-state index in [9.17, 15) is 9.59 Å². The number of carboxylic acids is 1. The Hall–Kier alpha value is -1.56. The Morgan fingerprint density at radius 2 is 2.17 bits per heavy atom. The van der Waals surface area contributed by atoms with Gasteiger partial charge in [0.25, 0.3) is 0 Å². The fourth-order valence-corrected chi connectivity index (χ4v) is 1.23. The van der Waals surface area contributed by atoms with Gasteiger partial charge in [0.1, 0.15) is 6.04 Å². The Bertz CT molecular complexity index is 302. The van der Waals surface area contributed by atoms with E-state index < -0.39 is 18.1 Å². The highest BCUT2D eigenvalue weighted by molar-refractivity contribution is 5.80. The number of amides is 1. The Morgan fingerprint density at radius 1 is 1.56 bits per heavy atom. The lowest BCUT2D eigenvalue weighted by Gasteiger charge is -2.24. The molecule has 1 atom stereocenters. The first-order valence-corrected chi connectivity index (χ1v) is 5.79. The van der Waals surface area contributed by atoms with Gasteiger partial charge in [-0.2, -0.15) is 0 Å². The molecule has 0 bridgehead atoms. The summed E-state index contributed by atoms with van der Waals surface area (Å²) in [5.41, 5.74) is 5.03. The number of ether oxygens (including phenoxy) is 1. The van der Waals surface area contributed by atoms with Gasteiger partial charge in [-0.1, -0.05) is 19.9 Å². The van der Waals surface area contributed by atoms with Crippen molar-refractivity contribution in [2.24, 2.45) is 11.1 Å². The second-order valence-electron chi connectivity index (χ2n) is 4.84. The molecular weight excluding hydrogens is 236 g/mol. The number of allylic oxidation sites excluding steroid dienone is 1. The fraction of sp³-hybridized carbons (Fsp3) is 0.667. The van der Waals surface area contributed by atoms with Gasteiger partial charge in [0.2, 0.25) is 0 Å². The van der Waals surface area contributed by atoms with E-state index in [1.807, 2.05) is 13.8 Å². The quantitative estimate of drug-likeness (QED) is 0.566. The molecule has 0 aliphatic carbocycles. The molecule has 0 fully saturated rings. The van der Waals surface area contributed by atoms with Gasteiger partial charge in [-0.3, -0.25) is 0 Å². The van der Waals surface area contributed by atoms with E-state index in [1.165, 1.54) is 0 Å². The maximum atomic E-state index is 11.4. The largest absolute Gasteiger partial charge is 0.480 e. The second-order valence-corrected chi connectivity index (χ2v) is 4.84. The number of carbonyl (C=O) groups excluding carboxylic acids is 1. The van der Waals surface area contributed by atoms with E-state index in [0.717, 1.165) is 12.8 Å². The van der Waals surface area contributed by atoms with Crippen molar-refractivity contribution in [2.75, 3.05) is 13.2 Å². The molecule has 6 heteroatoms. The van der Waals surface area contributed by atoms with Gasteiger partial charge < -0.3 is 20.9 Å². The van der Waals surface area contributed by atoms with Crippen molar-refractivity contribution in [2.45, 2.75) is 32.7 Å². The van der Waals surface area contributed by atoms with Crippen LogP contribution in [0.3, 0.4) is 0 Å². The summed E-state index contributed by atoms with van der Waals surface area (Å²) >= 11 is 0. The van der Waals surface area contributed by atoms with E-state index >= 15 is 0 Å². The maximum absolute atomic E-state index is 11.4. The molecule has 0 aromatic heterocycles. The molecule has 0 aromatic rings. The minimum absolute atomic E-state index is 0.174. The van der Waals surface area contributed by atoms with Gasteiger partial charge in [0, 0.05) is 6.54 Å². The molecule has 1 amide bonds. The first kappa shape index (κ1) is 16.4. The lowest BCUT2D eigenvalue weighted by atomic mass is 9.89. The lowest BCUT2D eigenvalue weighted by molar-refractivity contribution is -0.139. The zero-order valence-corrected chi connectivity index (χ0v) is 10.9. The average molecular weight is 258 g/mol. The lowest BCUT2D eigenvalue weighted by Crippen LogP contribution is -2.46. The predicted molar refractivity (Wildman–Crippen MR) is 68.2 cm³/mol. The Kier molecular flexibility index (Phi) is 7.04. The summed E-state index contributed by atoms with van der Waals surface area (Å²) in [6, 6.07) is -1.12. The average Bonchev–Trinajstić information content (AvgIpc) is 2.30. The van der Waals surface area contributed by atoms with E-state index in [1.54, 1.807) is 6.08 Å². The molecule has 104 valence electrons. The van der Waals surface area contributed by atoms with Crippen LogP contribution in [-0.2, 0) is 9.53 Å². The molecule has 0 heterocycles. The van der Waals surface area contributed by atoms with Crippen molar-refractivity contribution >= 4 is 12.1 Å². The van der Waals surface area contributed by atoms with Crippen molar-refractivity contribution in [3.05, 3.63) is 12.7 Å². The molecule has 1 unspecified atom stereocenters. The minimum atomic E-state index is -1.18. The van der Waals surface area contributed by atoms with Gasteiger partial charge >= 0.3 is 12.1 Å². The Labute approximate surface area is 107 Å². The summed E-state index contributed by atoms with van der Waals surface area (Å²) in [7, 11) is 0. The third-order valence-electron chi connectivity index (χ3n) is 2.45. The van der Waals surface area contributed by atoms with Crippen LogP contribution in [-0.4, -0.2) is 36.4 Å². The Morgan fingerprint density at radius 3 is 2.61 bits per heavy atom. The van der Waals surface area contributed by atoms with E-state index in [-0.39, 0.29) is 18.6 Å². The SMILES string of the molecule is C=CCCC(C)(C)COC(=O)NC(CN)C(=O)O. The smallest absolute Gasteiger partial charge is 0.407 e. The zero-order chi connectivity index (χ0) is 14.2. The van der Waals surface area contributed by atoms with E-state index in [0.29, 0.717) is 0 Å². The zero-order valence-electron chi connectivity index (χ0n) is 10.9. The van der Waals surface area contributed by atoms with Crippen LogP contribution in [0.5, 0.6) is 0 Å². The third kappa shape index (κ3) is 6.90. The minimum Gasteiger partial charge on any atom is -0.480 e. The highest BCUT2D eigenvalue weighted by Gasteiger charge is 2.22. The first-order valence-electron chi connectivity index (χ1n) is 5.79. The molecular formula is C12H22N2O4. The molecule has 0 saturated heterocycles. The number of rotatable bonds is 8. The molecule has 0 saturated carbocycles. The summed E-state index contributed by atoms with van der Waals surface area (Å²) in [6.45, 7) is 7.58. The molecule has 0 rings (SSSR count). The van der Waals surface area contributed by atoms with Crippen molar-refractivity contribution < 1.29 is 19.4 Å². The first-order chi connectivity index (χ1) is 8.32. The summed E-state index contributed by atoms with van der Waals surface area (Å²) in [6.07, 6.45) is 2.71. The number of nitrogens with one attached hydrogen (secondary N) is 1. The predicted octanol–water partition coefficient (Wildman–Crippen LogP) is 1.12. The van der Waals surface area contributed by atoms with Crippen LogP contribution in [0.15, 0.2) is 12.7 Å². The molecule has 4 N–H and O–H groups in total. The molecule has 18 heavy (non-hydrogen) atoms. The number of nitrogens with two attached hydrogens (primary N) is 1. The molecule has 0 aliphatic heterocycles. The van der Waals surface area contributed by atoms with Crippen LogP contribution < -0.4 is 11.1 Å². The van der Waals surface area contributed by atoms with Gasteiger partial charge in [-0.15, -0.1) is 6.58 Å². The summed E-state index contributed by atoms with van der Waals surface area (Å²) in [5.74, 6) is -1.18. The fourth-order valence-electron chi connectivity index (χ4n) is 1.23. The molecule has 0 radical (unpaired) electrons. The summed E-state index contributed by atoms with van der Waals surface area (Å²) < 4.78 is 4.98. The van der Waals surface area contributed by atoms with Crippen LogP contribution >= 0.6 is 0 Å². The highest BCUT2D eigenvalue weighted by Crippen LogP contribution is 2.22. The maximum Gasteiger partial charge on any atom is 0.407 e. The van der Waals surface area contributed by atoms with Crippen LogP contribution in [0.1, 0.15) is 26.7 Å².